The number of fused-ring (bicyclic) bond motifs is 1. The number of aromatic amines is 1. The number of hydrogen-bond acceptors (Lipinski definition) is 4. The molecular formula is C17H15NO3S. The van der Waals surface area contributed by atoms with Gasteiger partial charge < -0.3 is 9.72 Å². The van der Waals surface area contributed by atoms with Gasteiger partial charge >= 0.3 is 5.97 Å². The second kappa shape index (κ2) is 5.77. The first kappa shape index (κ1) is 14.5. The van der Waals surface area contributed by atoms with Gasteiger partial charge in [-0.2, -0.15) is 0 Å². The van der Waals surface area contributed by atoms with E-state index < -0.39 is 12.1 Å². The molecule has 0 spiro atoms. The minimum absolute atomic E-state index is 0.195. The number of aromatic nitrogens is 1. The van der Waals surface area contributed by atoms with Gasteiger partial charge in [0, 0.05) is 22.2 Å². The number of carbonyl (C=O) groups excluding carboxylic acids is 2. The van der Waals surface area contributed by atoms with Gasteiger partial charge in [0.25, 0.3) is 0 Å². The molecular weight excluding hydrogens is 298 g/mol. The van der Waals surface area contributed by atoms with Gasteiger partial charge in [0.2, 0.25) is 5.78 Å². The molecule has 2 heterocycles. The summed E-state index contributed by atoms with van der Waals surface area (Å²) in [5.41, 5.74) is 2.27. The molecule has 1 unspecified atom stereocenters. The van der Waals surface area contributed by atoms with E-state index in [2.05, 4.69) is 4.98 Å². The Bertz CT molecular complexity index is 833. The molecule has 112 valence electrons. The molecule has 0 aliphatic rings. The van der Waals surface area contributed by atoms with Crippen LogP contribution in [0.1, 0.15) is 32.6 Å². The molecule has 4 nitrogen and oxygen atoms in total. The highest BCUT2D eigenvalue weighted by Gasteiger charge is 2.25. The van der Waals surface area contributed by atoms with Crippen LogP contribution in [-0.4, -0.2) is 22.8 Å². The topological polar surface area (TPSA) is 59.2 Å². The fraction of sp³-hybridized carbons (Fsp3) is 0.176. The summed E-state index contributed by atoms with van der Waals surface area (Å²) < 4.78 is 5.29. The number of para-hydroxylation sites is 1. The molecule has 0 saturated heterocycles. The zero-order valence-electron chi connectivity index (χ0n) is 12.3. The summed E-state index contributed by atoms with van der Waals surface area (Å²) in [5, 5.41) is 2.65. The lowest BCUT2D eigenvalue weighted by Gasteiger charge is -2.11. The molecule has 0 bridgehead atoms. The molecule has 22 heavy (non-hydrogen) atoms. The molecule has 1 N–H and O–H groups in total. The van der Waals surface area contributed by atoms with Crippen molar-refractivity contribution >= 4 is 34.0 Å². The number of H-pyrrole nitrogens is 1. The third-order valence-electron chi connectivity index (χ3n) is 3.52. The van der Waals surface area contributed by atoms with E-state index in [0.717, 1.165) is 16.6 Å². The van der Waals surface area contributed by atoms with Crippen LogP contribution in [0.5, 0.6) is 0 Å². The zero-order valence-corrected chi connectivity index (χ0v) is 13.1. The lowest BCUT2D eigenvalue weighted by atomic mass is 10.0. The number of rotatable bonds is 4. The van der Waals surface area contributed by atoms with Crippen molar-refractivity contribution in [3.63, 3.8) is 0 Å². The van der Waals surface area contributed by atoms with Crippen LogP contribution < -0.4 is 0 Å². The van der Waals surface area contributed by atoms with Crippen molar-refractivity contribution in [2.24, 2.45) is 0 Å². The lowest BCUT2D eigenvalue weighted by molar-refractivity contribution is 0.0324. The summed E-state index contributed by atoms with van der Waals surface area (Å²) in [4.78, 5) is 28.3. The molecule has 1 atom stereocenters. The van der Waals surface area contributed by atoms with Crippen molar-refractivity contribution in [3.05, 3.63) is 57.9 Å². The monoisotopic (exact) mass is 313 g/mol. The number of Topliss-reactive ketones (excluding diaryl/α,β-unsaturated/α-hetero) is 1. The fourth-order valence-electron chi connectivity index (χ4n) is 2.46. The zero-order chi connectivity index (χ0) is 15.7. The maximum absolute atomic E-state index is 12.7. The highest BCUT2D eigenvalue weighted by Crippen LogP contribution is 2.24. The minimum Gasteiger partial charge on any atom is -0.450 e. The third kappa shape index (κ3) is 2.55. The second-order valence-corrected chi connectivity index (χ2v) is 6.01. The summed E-state index contributed by atoms with van der Waals surface area (Å²) in [6.45, 7) is 3.45. The number of ketones is 1. The van der Waals surface area contributed by atoms with Gasteiger partial charge in [0.15, 0.2) is 6.10 Å². The summed E-state index contributed by atoms with van der Waals surface area (Å²) in [6.07, 6.45) is -0.826. The average molecular weight is 313 g/mol. The summed E-state index contributed by atoms with van der Waals surface area (Å²) >= 11 is 1.30. The second-order valence-electron chi connectivity index (χ2n) is 5.06. The molecule has 0 amide bonds. The first-order valence-electron chi connectivity index (χ1n) is 6.94. The smallest absolute Gasteiger partial charge is 0.349 e. The molecule has 0 saturated carbocycles. The Balaban J connectivity index is 1.86. The van der Waals surface area contributed by atoms with Crippen LogP contribution in [0.3, 0.4) is 0 Å². The van der Waals surface area contributed by atoms with E-state index in [4.69, 9.17) is 4.74 Å². The van der Waals surface area contributed by atoms with Crippen molar-refractivity contribution in [1.82, 2.24) is 4.98 Å². The number of ether oxygens (including phenoxy) is 1. The number of aryl methyl sites for hydroxylation is 1. The summed E-state index contributed by atoms with van der Waals surface area (Å²) in [7, 11) is 0. The number of nitrogens with one attached hydrogen (secondary N) is 1. The largest absolute Gasteiger partial charge is 0.450 e. The van der Waals surface area contributed by atoms with Crippen LogP contribution in [0, 0.1) is 6.92 Å². The predicted molar refractivity (Wildman–Crippen MR) is 86.6 cm³/mol. The van der Waals surface area contributed by atoms with E-state index in [1.807, 2.05) is 31.2 Å². The minimum atomic E-state index is -0.826. The molecule has 0 fully saturated rings. The number of thiophene rings is 1. The molecule has 1 aromatic carbocycles. The standard InChI is InChI=1S/C17H15NO3S/c1-10-15(12-6-3-4-7-13(12)18-10)16(19)11(2)21-17(20)14-8-5-9-22-14/h3-9,11,18H,1-2H3. The van der Waals surface area contributed by atoms with Gasteiger partial charge in [0.05, 0.1) is 0 Å². The van der Waals surface area contributed by atoms with E-state index >= 15 is 0 Å². The number of benzene rings is 1. The Kier molecular flexibility index (Phi) is 3.81. The highest BCUT2D eigenvalue weighted by molar-refractivity contribution is 7.11. The predicted octanol–water partition coefficient (Wildman–Crippen LogP) is 3.97. The SMILES string of the molecule is Cc1[nH]c2ccccc2c1C(=O)C(C)OC(=O)c1cccs1. The Morgan fingerprint density at radius 2 is 1.95 bits per heavy atom. The highest BCUT2D eigenvalue weighted by atomic mass is 32.1. The Labute approximate surface area is 131 Å². The summed E-state index contributed by atoms with van der Waals surface area (Å²) in [6, 6.07) is 11.1. The molecule has 3 aromatic rings. The van der Waals surface area contributed by atoms with Crippen LogP contribution >= 0.6 is 11.3 Å². The quantitative estimate of drug-likeness (QED) is 0.586. The van der Waals surface area contributed by atoms with E-state index in [1.54, 1.807) is 24.4 Å². The van der Waals surface area contributed by atoms with E-state index in [1.165, 1.54) is 11.3 Å². The van der Waals surface area contributed by atoms with Crippen LogP contribution in [0.25, 0.3) is 10.9 Å². The Morgan fingerprint density at radius 3 is 2.68 bits per heavy atom. The molecule has 0 radical (unpaired) electrons. The normalized spacial score (nSPS) is 12.3. The van der Waals surface area contributed by atoms with Crippen molar-refractivity contribution < 1.29 is 14.3 Å². The lowest BCUT2D eigenvalue weighted by Crippen LogP contribution is -2.24. The van der Waals surface area contributed by atoms with Gasteiger partial charge in [-0.3, -0.25) is 4.79 Å². The van der Waals surface area contributed by atoms with Crippen molar-refractivity contribution in [2.75, 3.05) is 0 Å². The van der Waals surface area contributed by atoms with Crippen molar-refractivity contribution in [3.8, 4) is 0 Å². The maximum atomic E-state index is 12.7. The van der Waals surface area contributed by atoms with Gasteiger partial charge in [-0.25, -0.2) is 4.79 Å². The molecule has 3 rings (SSSR count). The number of carbonyl (C=O) groups is 2. The number of hydrogen-bond donors (Lipinski definition) is 1. The Hall–Kier alpha value is -2.40. The maximum Gasteiger partial charge on any atom is 0.349 e. The van der Waals surface area contributed by atoms with Gasteiger partial charge in [-0.15, -0.1) is 11.3 Å². The average Bonchev–Trinajstić information content (AvgIpc) is 3.13. The van der Waals surface area contributed by atoms with Gasteiger partial charge in [-0.1, -0.05) is 24.3 Å². The Morgan fingerprint density at radius 1 is 1.18 bits per heavy atom. The van der Waals surface area contributed by atoms with Crippen LogP contribution in [0.15, 0.2) is 41.8 Å². The van der Waals surface area contributed by atoms with E-state index in [-0.39, 0.29) is 5.78 Å². The van der Waals surface area contributed by atoms with Crippen LogP contribution in [0.4, 0.5) is 0 Å². The summed E-state index contributed by atoms with van der Waals surface area (Å²) in [5.74, 6) is -0.659. The van der Waals surface area contributed by atoms with Gasteiger partial charge in [0.1, 0.15) is 4.88 Å². The third-order valence-corrected chi connectivity index (χ3v) is 4.37. The molecule has 0 aliphatic carbocycles. The van der Waals surface area contributed by atoms with Gasteiger partial charge in [-0.05, 0) is 31.4 Å². The van der Waals surface area contributed by atoms with Crippen LogP contribution in [-0.2, 0) is 4.74 Å². The molecule has 0 aliphatic heterocycles. The fourth-order valence-corrected chi connectivity index (χ4v) is 3.07. The van der Waals surface area contributed by atoms with Crippen molar-refractivity contribution in [2.45, 2.75) is 20.0 Å². The molecule has 2 aromatic heterocycles. The van der Waals surface area contributed by atoms with E-state index in [0.29, 0.717) is 10.4 Å². The number of esters is 1. The van der Waals surface area contributed by atoms with Crippen LogP contribution in [0.2, 0.25) is 0 Å². The first-order chi connectivity index (χ1) is 10.6. The first-order valence-corrected chi connectivity index (χ1v) is 7.82. The molecule has 5 heteroatoms. The van der Waals surface area contributed by atoms with Crippen molar-refractivity contribution in [1.29, 1.82) is 0 Å². The van der Waals surface area contributed by atoms with E-state index in [9.17, 15) is 9.59 Å².